The van der Waals surface area contributed by atoms with E-state index in [1.807, 2.05) is 0 Å². The predicted octanol–water partition coefficient (Wildman–Crippen LogP) is 5.22. The van der Waals surface area contributed by atoms with Crippen LogP contribution in [0.25, 0.3) is 0 Å². The average Bonchev–Trinajstić information content (AvgIpc) is 2.63. The molecule has 2 aromatic carbocycles. The fourth-order valence-corrected chi connectivity index (χ4v) is 4.33. The molecular weight excluding hydrogens is 316 g/mol. The van der Waals surface area contributed by atoms with Crippen molar-refractivity contribution in [2.45, 2.75) is 52.7 Å². The van der Waals surface area contributed by atoms with E-state index in [4.69, 9.17) is 0 Å². The molecule has 0 aromatic heterocycles. The zero-order valence-corrected chi connectivity index (χ0v) is 17.0. The fourth-order valence-electron chi connectivity index (χ4n) is 4.33. The number of hydrogen-bond donors (Lipinski definition) is 0. The second-order valence-electron chi connectivity index (χ2n) is 8.93. The van der Waals surface area contributed by atoms with Gasteiger partial charge in [0.25, 0.3) is 0 Å². The van der Waals surface area contributed by atoms with E-state index in [9.17, 15) is 0 Å². The summed E-state index contributed by atoms with van der Waals surface area (Å²) < 4.78 is 0. The lowest BCUT2D eigenvalue weighted by Crippen LogP contribution is -2.60. The standard InChI is InChI=1S/C24H34N2/c1-19(2)26-17-16-25(18-22(26)24(3,4)5)23(20-12-8-6-9-13-20)21-14-10-7-11-15-21/h6-15,19,22-23H,16-18H2,1-5H3/t22-/m1/s1. The Hall–Kier alpha value is -1.64. The number of rotatable bonds is 4. The van der Waals surface area contributed by atoms with Crippen molar-refractivity contribution in [2.24, 2.45) is 5.41 Å². The van der Waals surface area contributed by atoms with Crippen LogP contribution in [0.3, 0.4) is 0 Å². The van der Waals surface area contributed by atoms with Gasteiger partial charge in [-0.3, -0.25) is 9.80 Å². The van der Waals surface area contributed by atoms with Crippen molar-refractivity contribution in [1.82, 2.24) is 9.80 Å². The van der Waals surface area contributed by atoms with Gasteiger partial charge in [0.1, 0.15) is 0 Å². The van der Waals surface area contributed by atoms with Gasteiger partial charge >= 0.3 is 0 Å². The Morgan fingerprint density at radius 3 is 1.73 bits per heavy atom. The molecule has 1 fully saturated rings. The maximum atomic E-state index is 2.70. The molecule has 1 aliphatic rings. The van der Waals surface area contributed by atoms with Crippen LogP contribution in [0.15, 0.2) is 60.7 Å². The normalized spacial score (nSPS) is 20.0. The fraction of sp³-hybridized carbons (Fsp3) is 0.500. The van der Waals surface area contributed by atoms with E-state index in [1.165, 1.54) is 11.1 Å². The highest BCUT2D eigenvalue weighted by molar-refractivity contribution is 5.32. The summed E-state index contributed by atoms with van der Waals surface area (Å²) in [4.78, 5) is 5.39. The molecule has 1 heterocycles. The van der Waals surface area contributed by atoms with Crippen LogP contribution in [0, 0.1) is 5.41 Å². The molecule has 0 N–H and O–H groups in total. The molecule has 26 heavy (non-hydrogen) atoms. The van der Waals surface area contributed by atoms with Crippen molar-refractivity contribution in [3.05, 3.63) is 71.8 Å². The van der Waals surface area contributed by atoms with Crippen LogP contribution < -0.4 is 0 Å². The Bertz CT molecular complexity index is 633. The summed E-state index contributed by atoms with van der Waals surface area (Å²) in [6.45, 7) is 15.2. The van der Waals surface area contributed by atoms with E-state index in [-0.39, 0.29) is 5.41 Å². The van der Waals surface area contributed by atoms with E-state index in [0.29, 0.717) is 18.1 Å². The van der Waals surface area contributed by atoms with Gasteiger partial charge in [-0.25, -0.2) is 0 Å². The zero-order valence-electron chi connectivity index (χ0n) is 17.0. The number of hydrogen-bond acceptors (Lipinski definition) is 2. The van der Waals surface area contributed by atoms with E-state index < -0.39 is 0 Å². The summed E-state index contributed by atoms with van der Waals surface area (Å²) >= 11 is 0. The first-order valence-electron chi connectivity index (χ1n) is 9.97. The Kier molecular flexibility index (Phi) is 5.84. The Labute approximate surface area is 159 Å². The highest BCUT2D eigenvalue weighted by Gasteiger charge is 2.38. The smallest absolute Gasteiger partial charge is 0.0602 e. The van der Waals surface area contributed by atoms with Crippen LogP contribution in [0.2, 0.25) is 0 Å². The summed E-state index contributed by atoms with van der Waals surface area (Å²) in [5.74, 6) is 0. The lowest BCUT2D eigenvalue weighted by atomic mass is 9.82. The van der Waals surface area contributed by atoms with Crippen LogP contribution in [0.4, 0.5) is 0 Å². The molecule has 0 spiro atoms. The lowest BCUT2D eigenvalue weighted by molar-refractivity contribution is -0.0133. The molecule has 2 heteroatoms. The van der Waals surface area contributed by atoms with Gasteiger partial charge in [-0.05, 0) is 30.4 Å². The van der Waals surface area contributed by atoms with Crippen molar-refractivity contribution in [2.75, 3.05) is 19.6 Å². The van der Waals surface area contributed by atoms with Crippen LogP contribution in [-0.4, -0.2) is 41.5 Å². The number of benzene rings is 2. The van der Waals surface area contributed by atoms with Gasteiger partial charge in [-0.15, -0.1) is 0 Å². The second kappa shape index (κ2) is 7.94. The molecule has 0 amide bonds. The first-order valence-corrected chi connectivity index (χ1v) is 9.97. The minimum Gasteiger partial charge on any atom is -0.295 e. The molecule has 0 bridgehead atoms. The molecule has 2 nitrogen and oxygen atoms in total. The molecule has 0 aliphatic carbocycles. The molecule has 2 aromatic rings. The third-order valence-corrected chi connectivity index (χ3v) is 5.71. The summed E-state index contributed by atoms with van der Waals surface area (Å²) in [7, 11) is 0. The largest absolute Gasteiger partial charge is 0.295 e. The topological polar surface area (TPSA) is 6.48 Å². The monoisotopic (exact) mass is 350 g/mol. The van der Waals surface area contributed by atoms with Crippen LogP contribution in [0.5, 0.6) is 0 Å². The second-order valence-corrected chi connectivity index (χ2v) is 8.93. The van der Waals surface area contributed by atoms with Crippen molar-refractivity contribution in [1.29, 1.82) is 0 Å². The summed E-state index contributed by atoms with van der Waals surface area (Å²) in [6.07, 6.45) is 0. The van der Waals surface area contributed by atoms with Crippen molar-refractivity contribution in [3.63, 3.8) is 0 Å². The van der Waals surface area contributed by atoms with Gasteiger partial charge in [-0.1, -0.05) is 81.4 Å². The molecule has 140 valence electrons. The minimum absolute atomic E-state index is 0.265. The number of piperazine rings is 1. The highest BCUT2D eigenvalue weighted by Crippen LogP contribution is 2.35. The van der Waals surface area contributed by atoms with Crippen LogP contribution in [0.1, 0.15) is 51.8 Å². The van der Waals surface area contributed by atoms with E-state index >= 15 is 0 Å². The van der Waals surface area contributed by atoms with Gasteiger partial charge in [0, 0.05) is 31.7 Å². The molecule has 0 saturated carbocycles. The summed E-state index contributed by atoms with van der Waals surface area (Å²) in [5.41, 5.74) is 3.05. The molecular formula is C24H34N2. The highest BCUT2D eigenvalue weighted by atomic mass is 15.3. The average molecular weight is 351 g/mol. The van der Waals surface area contributed by atoms with Crippen LogP contribution in [-0.2, 0) is 0 Å². The summed E-state index contributed by atoms with van der Waals surface area (Å²) in [5, 5.41) is 0. The molecule has 0 radical (unpaired) electrons. The molecule has 1 saturated heterocycles. The summed E-state index contributed by atoms with van der Waals surface area (Å²) in [6, 6.07) is 23.5. The molecule has 1 atom stereocenters. The minimum atomic E-state index is 0.265. The maximum absolute atomic E-state index is 2.70. The third-order valence-electron chi connectivity index (χ3n) is 5.71. The Morgan fingerprint density at radius 1 is 0.808 bits per heavy atom. The third kappa shape index (κ3) is 4.19. The molecule has 0 unspecified atom stereocenters. The van der Waals surface area contributed by atoms with Gasteiger partial charge in [0.2, 0.25) is 0 Å². The zero-order chi connectivity index (χ0) is 18.7. The van der Waals surface area contributed by atoms with Crippen molar-refractivity contribution in [3.8, 4) is 0 Å². The van der Waals surface area contributed by atoms with Crippen molar-refractivity contribution < 1.29 is 0 Å². The number of nitrogens with zero attached hydrogens (tertiary/aromatic N) is 2. The van der Waals surface area contributed by atoms with Crippen LogP contribution >= 0.6 is 0 Å². The molecule has 3 rings (SSSR count). The first kappa shape index (κ1) is 19.1. The van der Waals surface area contributed by atoms with Gasteiger partial charge in [0.15, 0.2) is 0 Å². The quantitative estimate of drug-likeness (QED) is 0.746. The van der Waals surface area contributed by atoms with Gasteiger partial charge < -0.3 is 0 Å². The van der Waals surface area contributed by atoms with E-state index in [0.717, 1.165) is 19.6 Å². The first-order chi connectivity index (χ1) is 12.4. The van der Waals surface area contributed by atoms with Gasteiger partial charge in [0.05, 0.1) is 6.04 Å². The van der Waals surface area contributed by atoms with E-state index in [1.54, 1.807) is 0 Å². The lowest BCUT2D eigenvalue weighted by Gasteiger charge is -2.51. The Balaban J connectivity index is 1.95. The van der Waals surface area contributed by atoms with E-state index in [2.05, 4.69) is 105 Å². The SMILES string of the molecule is CC(C)N1CCN(C(c2ccccc2)c2ccccc2)C[C@@H]1C(C)(C)C. The van der Waals surface area contributed by atoms with Gasteiger partial charge in [-0.2, -0.15) is 0 Å². The maximum Gasteiger partial charge on any atom is 0.0602 e. The van der Waals surface area contributed by atoms with Crippen molar-refractivity contribution >= 4 is 0 Å². The Morgan fingerprint density at radius 2 is 1.31 bits per heavy atom. The molecule has 1 aliphatic heterocycles. The predicted molar refractivity (Wildman–Crippen MR) is 111 cm³/mol.